The summed E-state index contributed by atoms with van der Waals surface area (Å²) in [6.07, 6.45) is 0. The van der Waals surface area contributed by atoms with Crippen LogP contribution in [-0.2, 0) is 10.3 Å². The Morgan fingerprint density at radius 2 is 1.85 bits per heavy atom. The van der Waals surface area contributed by atoms with Gasteiger partial charge in [-0.15, -0.1) is 0 Å². The number of hydrogen-bond donors (Lipinski definition) is 2. The highest BCUT2D eigenvalue weighted by molar-refractivity contribution is 6.07. The van der Waals surface area contributed by atoms with E-state index in [4.69, 9.17) is 5.26 Å². The first-order valence-electron chi connectivity index (χ1n) is 6.33. The summed E-state index contributed by atoms with van der Waals surface area (Å²) in [6.45, 7) is 1.83. The molecule has 2 aromatic carbocycles. The molecule has 20 heavy (non-hydrogen) atoms. The number of nitrogens with zero attached hydrogens (tertiary/aromatic N) is 1. The van der Waals surface area contributed by atoms with Gasteiger partial charge in [0.15, 0.2) is 0 Å². The van der Waals surface area contributed by atoms with Gasteiger partial charge in [0.1, 0.15) is 11.6 Å². The lowest BCUT2D eigenvalue weighted by Crippen LogP contribution is -2.47. The monoisotopic (exact) mass is 263 g/mol. The number of nitrogens with one attached hydrogen (secondary N) is 2. The Labute approximate surface area is 117 Å². The maximum Gasteiger partial charge on any atom is 0.254 e. The summed E-state index contributed by atoms with van der Waals surface area (Å²) in [5.41, 5.74) is 1.80. The number of carbonyl (C=O) groups is 1. The van der Waals surface area contributed by atoms with Gasteiger partial charge in [0.25, 0.3) is 5.91 Å². The molecule has 0 saturated heterocycles. The summed E-state index contributed by atoms with van der Waals surface area (Å²) in [6, 6.07) is 17.0. The molecule has 1 aliphatic rings. The maximum atomic E-state index is 12.5. The minimum atomic E-state index is -0.845. The SMILES string of the molecule is CC1(c2ccccc2)Nc2cccc(C#N)c2NC1=O. The molecule has 0 spiro atoms. The van der Waals surface area contributed by atoms with E-state index in [9.17, 15) is 4.79 Å². The molecule has 4 nitrogen and oxygen atoms in total. The standard InChI is InChI=1S/C16H13N3O/c1-16(12-7-3-2-4-8-12)15(20)18-14-11(10-17)6-5-9-13(14)19-16/h2-9,19H,1H3,(H,18,20). The Kier molecular flexibility index (Phi) is 2.69. The molecular weight excluding hydrogens is 250 g/mol. The van der Waals surface area contributed by atoms with Gasteiger partial charge >= 0.3 is 0 Å². The third kappa shape index (κ3) is 1.72. The van der Waals surface area contributed by atoms with Gasteiger partial charge in [-0.1, -0.05) is 36.4 Å². The molecule has 0 bridgehead atoms. The number of anilines is 2. The molecule has 0 radical (unpaired) electrons. The first-order valence-corrected chi connectivity index (χ1v) is 6.33. The van der Waals surface area contributed by atoms with Gasteiger partial charge in [0.2, 0.25) is 0 Å². The fraction of sp³-hybridized carbons (Fsp3) is 0.125. The fourth-order valence-corrected chi connectivity index (χ4v) is 2.42. The highest BCUT2D eigenvalue weighted by Crippen LogP contribution is 2.37. The molecule has 1 heterocycles. The predicted octanol–water partition coefficient (Wildman–Crippen LogP) is 2.84. The predicted molar refractivity (Wildman–Crippen MR) is 77.2 cm³/mol. The van der Waals surface area contributed by atoms with Crippen LogP contribution in [0.4, 0.5) is 11.4 Å². The third-order valence-electron chi connectivity index (χ3n) is 3.61. The zero-order valence-corrected chi connectivity index (χ0v) is 11.0. The Morgan fingerprint density at radius 1 is 1.10 bits per heavy atom. The average molecular weight is 263 g/mol. The van der Waals surface area contributed by atoms with Crippen LogP contribution in [0.1, 0.15) is 18.1 Å². The first-order chi connectivity index (χ1) is 9.65. The van der Waals surface area contributed by atoms with Crippen molar-refractivity contribution < 1.29 is 4.79 Å². The summed E-state index contributed by atoms with van der Waals surface area (Å²) < 4.78 is 0. The van der Waals surface area contributed by atoms with Gasteiger partial charge in [-0.25, -0.2) is 0 Å². The topological polar surface area (TPSA) is 64.9 Å². The molecule has 4 heteroatoms. The summed E-state index contributed by atoms with van der Waals surface area (Å²) in [5, 5.41) is 15.2. The van der Waals surface area contributed by atoms with E-state index in [0.717, 1.165) is 11.3 Å². The van der Waals surface area contributed by atoms with E-state index in [-0.39, 0.29) is 5.91 Å². The number of carbonyl (C=O) groups excluding carboxylic acids is 1. The van der Waals surface area contributed by atoms with Crippen molar-refractivity contribution in [3.05, 3.63) is 59.7 Å². The molecule has 1 unspecified atom stereocenters. The third-order valence-corrected chi connectivity index (χ3v) is 3.61. The van der Waals surface area contributed by atoms with Crippen molar-refractivity contribution in [2.24, 2.45) is 0 Å². The molecule has 1 aliphatic heterocycles. The summed E-state index contributed by atoms with van der Waals surface area (Å²) in [4.78, 5) is 12.5. The lowest BCUT2D eigenvalue weighted by Gasteiger charge is -2.36. The minimum absolute atomic E-state index is 0.168. The maximum absolute atomic E-state index is 12.5. The molecule has 1 amide bonds. The highest BCUT2D eigenvalue weighted by Gasteiger charge is 2.39. The Hall–Kier alpha value is -2.80. The zero-order valence-electron chi connectivity index (χ0n) is 11.0. The molecule has 2 N–H and O–H groups in total. The van der Waals surface area contributed by atoms with E-state index < -0.39 is 5.54 Å². The Bertz CT molecular complexity index is 718. The Balaban J connectivity index is 2.11. The molecule has 98 valence electrons. The molecule has 3 rings (SSSR count). The number of para-hydroxylation sites is 1. The van der Waals surface area contributed by atoms with Crippen LogP contribution in [0, 0.1) is 11.3 Å². The molecule has 0 fully saturated rings. The lowest BCUT2D eigenvalue weighted by molar-refractivity contribution is -0.120. The summed E-state index contributed by atoms with van der Waals surface area (Å²) >= 11 is 0. The molecule has 0 saturated carbocycles. The fourth-order valence-electron chi connectivity index (χ4n) is 2.42. The number of amides is 1. The van der Waals surface area contributed by atoms with Crippen molar-refractivity contribution >= 4 is 17.3 Å². The van der Waals surface area contributed by atoms with Gasteiger partial charge in [-0.05, 0) is 24.6 Å². The smallest absolute Gasteiger partial charge is 0.254 e. The van der Waals surface area contributed by atoms with E-state index in [1.165, 1.54) is 0 Å². The largest absolute Gasteiger partial charge is 0.366 e. The number of nitriles is 1. The van der Waals surface area contributed by atoms with Crippen molar-refractivity contribution in [1.29, 1.82) is 5.26 Å². The summed E-state index contributed by atoms with van der Waals surface area (Å²) in [7, 11) is 0. The van der Waals surface area contributed by atoms with Crippen LogP contribution in [0.5, 0.6) is 0 Å². The van der Waals surface area contributed by atoms with Crippen LogP contribution in [0.2, 0.25) is 0 Å². The van der Waals surface area contributed by atoms with Gasteiger partial charge in [0, 0.05) is 0 Å². The second-order valence-corrected chi connectivity index (χ2v) is 4.91. The number of fused-ring (bicyclic) bond motifs is 1. The zero-order chi connectivity index (χ0) is 14.2. The molecule has 2 aromatic rings. The van der Waals surface area contributed by atoms with Crippen LogP contribution in [0.25, 0.3) is 0 Å². The van der Waals surface area contributed by atoms with Gasteiger partial charge in [0.05, 0.1) is 16.9 Å². The summed E-state index contributed by atoms with van der Waals surface area (Å²) in [5.74, 6) is -0.168. The number of rotatable bonds is 1. The molecule has 0 aromatic heterocycles. The van der Waals surface area contributed by atoms with Crippen LogP contribution in [-0.4, -0.2) is 5.91 Å². The quantitative estimate of drug-likeness (QED) is 0.831. The van der Waals surface area contributed by atoms with Crippen LogP contribution >= 0.6 is 0 Å². The van der Waals surface area contributed by atoms with Crippen molar-refractivity contribution in [3.63, 3.8) is 0 Å². The van der Waals surface area contributed by atoms with Crippen molar-refractivity contribution in [1.82, 2.24) is 0 Å². The number of hydrogen-bond acceptors (Lipinski definition) is 3. The van der Waals surface area contributed by atoms with E-state index >= 15 is 0 Å². The second kappa shape index (κ2) is 4.39. The van der Waals surface area contributed by atoms with Crippen molar-refractivity contribution in [3.8, 4) is 6.07 Å². The number of benzene rings is 2. The van der Waals surface area contributed by atoms with E-state index in [0.29, 0.717) is 11.3 Å². The van der Waals surface area contributed by atoms with E-state index in [2.05, 4.69) is 16.7 Å². The van der Waals surface area contributed by atoms with Crippen LogP contribution in [0.15, 0.2) is 48.5 Å². The molecular formula is C16H13N3O. The average Bonchev–Trinajstić information content (AvgIpc) is 2.49. The Morgan fingerprint density at radius 3 is 2.55 bits per heavy atom. The van der Waals surface area contributed by atoms with Gasteiger partial charge in [-0.2, -0.15) is 5.26 Å². The molecule has 1 atom stereocenters. The van der Waals surface area contributed by atoms with Gasteiger partial charge in [-0.3, -0.25) is 4.79 Å². The second-order valence-electron chi connectivity index (χ2n) is 4.91. The first kappa shape index (κ1) is 12.2. The van der Waals surface area contributed by atoms with Gasteiger partial charge < -0.3 is 10.6 Å². The van der Waals surface area contributed by atoms with Crippen molar-refractivity contribution in [2.75, 3.05) is 10.6 Å². The normalized spacial score (nSPS) is 20.3. The lowest BCUT2D eigenvalue weighted by atomic mass is 9.88. The van der Waals surface area contributed by atoms with Crippen LogP contribution < -0.4 is 10.6 Å². The van der Waals surface area contributed by atoms with Crippen LogP contribution in [0.3, 0.4) is 0 Å². The molecule has 0 aliphatic carbocycles. The highest BCUT2D eigenvalue weighted by atomic mass is 16.2. The van der Waals surface area contributed by atoms with E-state index in [1.807, 2.05) is 43.3 Å². The van der Waals surface area contributed by atoms with E-state index in [1.54, 1.807) is 12.1 Å². The minimum Gasteiger partial charge on any atom is -0.366 e. The van der Waals surface area contributed by atoms with Crippen molar-refractivity contribution in [2.45, 2.75) is 12.5 Å².